The van der Waals surface area contributed by atoms with E-state index in [1.54, 1.807) is 31.2 Å². The Labute approximate surface area is 216 Å². The van der Waals surface area contributed by atoms with E-state index in [9.17, 15) is 19.2 Å². The van der Waals surface area contributed by atoms with Crippen molar-refractivity contribution in [1.82, 2.24) is 9.80 Å². The van der Waals surface area contributed by atoms with Gasteiger partial charge in [0.05, 0.1) is 6.54 Å². The topological polar surface area (TPSA) is 171 Å². The minimum Gasteiger partial charge on any atom is -0.480 e. The number of carbonyl (C=O) groups excluding carboxylic acids is 3. The fourth-order valence-electron chi connectivity index (χ4n) is 4.68. The van der Waals surface area contributed by atoms with Crippen molar-refractivity contribution in [1.29, 1.82) is 0 Å². The Hall–Kier alpha value is -3.34. The summed E-state index contributed by atoms with van der Waals surface area (Å²) in [5.41, 5.74) is 12.0. The Balaban J connectivity index is 0.00000456. The van der Waals surface area contributed by atoms with Gasteiger partial charge in [-0.3, -0.25) is 24.2 Å². The fraction of sp³-hybridized carbons (Fsp3) is 0.542. The highest BCUT2D eigenvalue weighted by atomic mass is 35.5. The zero-order chi connectivity index (χ0) is 25.5. The average Bonchev–Trinajstić information content (AvgIpc) is 2.83. The molecular formula is C24H35ClN6O5. The van der Waals surface area contributed by atoms with Gasteiger partial charge >= 0.3 is 5.97 Å². The summed E-state index contributed by atoms with van der Waals surface area (Å²) >= 11 is 0. The molecule has 2 aliphatic rings. The molecule has 36 heavy (non-hydrogen) atoms. The third kappa shape index (κ3) is 7.58. The first-order valence-corrected chi connectivity index (χ1v) is 11.9. The second-order valence-corrected chi connectivity index (χ2v) is 9.23. The second-order valence-electron chi connectivity index (χ2n) is 9.23. The number of rotatable bonds is 9. The lowest BCUT2D eigenvalue weighted by molar-refractivity contribution is -0.150. The zero-order valence-corrected chi connectivity index (χ0v) is 21.2. The van der Waals surface area contributed by atoms with Gasteiger partial charge in [-0.1, -0.05) is 12.1 Å². The number of halogens is 1. The molecule has 1 aliphatic carbocycles. The second kappa shape index (κ2) is 13.1. The number of amides is 2. The van der Waals surface area contributed by atoms with Crippen molar-refractivity contribution in [2.45, 2.75) is 38.6 Å². The lowest BCUT2D eigenvalue weighted by Gasteiger charge is -2.35. The summed E-state index contributed by atoms with van der Waals surface area (Å²) in [6.07, 6.45) is 3.27. The van der Waals surface area contributed by atoms with Gasteiger partial charge in [0.2, 0.25) is 11.8 Å². The molecule has 198 valence electrons. The summed E-state index contributed by atoms with van der Waals surface area (Å²) in [4.78, 5) is 56.1. The maximum Gasteiger partial charge on any atom is 0.323 e. The number of guanidine groups is 1. The molecule has 1 saturated carbocycles. The lowest BCUT2D eigenvalue weighted by atomic mass is 9.78. The highest BCUT2D eigenvalue weighted by Crippen LogP contribution is 2.33. The number of hydrogen-bond acceptors (Lipinski definition) is 6. The number of carboxylic acid groups (broad SMARTS) is 1. The zero-order valence-electron chi connectivity index (χ0n) is 20.4. The number of Topliss-reactive ketones (excluding diaryl/α,β-unsaturated/α-hetero) is 1. The highest BCUT2D eigenvalue weighted by molar-refractivity contribution is 6.03. The molecule has 2 fully saturated rings. The molecule has 0 aromatic heterocycles. The SMILES string of the molecule is C[C@H](Nc1ccccc1C(=O)C1CCC(CN=C(N)N)CC1)C(=O)N1CCN(CC(=O)O)C(=O)C1.Cl. The number of aliphatic imine (C=N–C) groups is 1. The summed E-state index contributed by atoms with van der Waals surface area (Å²) in [6, 6.07) is 6.48. The smallest absolute Gasteiger partial charge is 0.323 e. The molecule has 2 amide bonds. The largest absolute Gasteiger partial charge is 0.480 e. The summed E-state index contributed by atoms with van der Waals surface area (Å²) in [5, 5.41) is 12.1. The first kappa shape index (κ1) is 28.9. The van der Waals surface area contributed by atoms with Crippen molar-refractivity contribution in [2.24, 2.45) is 28.3 Å². The predicted molar refractivity (Wildman–Crippen MR) is 138 cm³/mol. The first-order valence-electron chi connectivity index (χ1n) is 11.9. The van der Waals surface area contributed by atoms with Crippen molar-refractivity contribution >= 4 is 47.6 Å². The third-order valence-corrected chi connectivity index (χ3v) is 6.64. The summed E-state index contributed by atoms with van der Waals surface area (Å²) in [5.74, 6) is -1.37. The first-order chi connectivity index (χ1) is 16.7. The molecule has 1 aromatic carbocycles. The predicted octanol–water partition coefficient (Wildman–Crippen LogP) is 0.927. The fourth-order valence-corrected chi connectivity index (χ4v) is 4.68. The average molecular weight is 523 g/mol. The number of piperazine rings is 1. The van der Waals surface area contributed by atoms with E-state index in [0.717, 1.165) is 25.7 Å². The lowest BCUT2D eigenvalue weighted by Crippen LogP contribution is -2.55. The number of hydrogen-bond donors (Lipinski definition) is 4. The van der Waals surface area contributed by atoms with Crippen LogP contribution < -0.4 is 16.8 Å². The van der Waals surface area contributed by atoms with E-state index in [1.807, 2.05) is 0 Å². The highest BCUT2D eigenvalue weighted by Gasteiger charge is 2.32. The van der Waals surface area contributed by atoms with Crippen LogP contribution in [0, 0.1) is 11.8 Å². The van der Waals surface area contributed by atoms with Crippen LogP contribution in [-0.2, 0) is 14.4 Å². The van der Waals surface area contributed by atoms with Crippen LogP contribution in [-0.4, -0.2) is 83.2 Å². The number of aliphatic carboxylic acids is 1. The van der Waals surface area contributed by atoms with E-state index in [1.165, 1.54) is 9.80 Å². The minimum absolute atomic E-state index is 0. The maximum absolute atomic E-state index is 13.3. The summed E-state index contributed by atoms with van der Waals surface area (Å²) < 4.78 is 0. The van der Waals surface area contributed by atoms with Crippen LogP contribution in [0.15, 0.2) is 29.3 Å². The van der Waals surface area contributed by atoms with Crippen LogP contribution in [0.2, 0.25) is 0 Å². The van der Waals surface area contributed by atoms with Gasteiger partial charge in [0.15, 0.2) is 11.7 Å². The molecular weight excluding hydrogens is 488 g/mol. The van der Waals surface area contributed by atoms with Gasteiger partial charge in [0.1, 0.15) is 12.6 Å². The van der Waals surface area contributed by atoms with Crippen molar-refractivity contribution in [3.8, 4) is 0 Å². The molecule has 0 unspecified atom stereocenters. The van der Waals surface area contributed by atoms with Crippen LogP contribution in [0.25, 0.3) is 0 Å². The molecule has 1 aliphatic heterocycles. The molecule has 1 heterocycles. The van der Waals surface area contributed by atoms with Crippen molar-refractivity contribution in [2.75, 3.05) is 38.0 Å². The number of benzene rings is 1. The molecule has 1 atom stereocenters. The van der Waals surface area contributed by atoms with E-state index in [2.05, 4.69) is 10.3 Å². The number of nitrogens with two attached hydrogens (primary N) is 2. The quantitative estimate of drug-likeness (QED) is 0.210. The number of nitrogens with one attached hydrogen (secondary N) is 1. The van der Waals surface area contributed by atoms with E-state index < -0.39 is 17.9 Å². The van der Waals surface area contributed by atoms with Gasteiger partial charge in [0, 0.05) is 36.8 Å². The van der Waals surface area contributed by atoms with E-state index in [0.29, 0.717) is 23.7 Å². The van der Waals surface area contributed by atoms with Crippen molar-refractivity contribution < 1.29 is 24.3 Å². The molecule has 1 aromatic rings. The summed E-state index contributed by atoms with van der Waals surface area (Å²) in [7, 11) is 0. The molecule has 6 N–H and O–H groups in total. The molecule has 3 rings (SSSR count). The Morgan fingerprint density at radius 2 is 1.81 bits per heavy atom. The third-order valence-electron chi connectivity index (χ3n) is 6.64. The van der Waals surface area contributed by atoms with Crippen molar-refractivity contribution in [3.63, 3.8) is 0 Å². The van der Waals surface area contributed by atoms with Gasteiger partial charge in [-0.05, 0) is 50.7 Å². The van der Waals surface area contributed by atoms with Crippen LogP contribution >= 0.6 is 12.4 Å². The van der Waals surface area contributed by atoms with Crippen LogP contribution in [0.1, 0.15) is 43.0 Å². The van der Waals surface area contributed by atoms with Gasteiger partial charge in [0.25, 0.3) is 0 Å². The number of carboxylic acids is 1. The Bertz CT molecular complexity index is 991. The number of nitrogens with zero attached hydrogens (tertiary/aromatic N) is 3. The van der Waals surface area contributed by atoms with E-state index >= 15 is 0 Å². The molecule has 0 bridgehead atoms. The Morgan fingerprint density at radius 3 is 2.42 bits per heavy atom. The van der Waals surface area contributed by atoms with Gasteiger partial charge in [-0.15, -0.1) is 12.4 Å². The monoisotopic (exact) mass is 522 g/mol. The standard InChI is InChI=1S/C24H34N6O5.ClH/c1-15(23(35)30-11-10-29(14-21(32)33)20(31)13-30)28-19-5-3-2-4-18(19)22(34)17-8-6-16(7-9-17)12-27-24(25)26;/h2-5,15-17,28H,6-14H2,1H3,(H,32,33)(H4,25,26,27);1H/t15-,16?,17?;/m0./s1. The minimum atomic E-state index is -1.09. The van der Waals surface area contributed by atoms with Crippen LogP contribution in [0.4, 0.5) is 5.69 Å². The summed E-state index contributed by atoms with van der Waals surface area (Å²) in [6.45, 7) is 2.15. The number of carbonyl (C=O) groups is 4. The number of ketones is 1. The Morgan fingerprint density at radius 1 is 1.14 bits per heavy atom. The maximum atomic E-state index is 13.3. The van der Waals surface area contributed by atoms with Gasteiger partial charge in [-0.25, -0.2) is 0 Å². The van der Waals surface area contributed by atoms with E-state index in [4.69, 9.17) is 16.6 Å². The van der Waals surface area contributed by atoms with Crippen LogP contribution in [0.5, 0.6) is 0 Å². The van der Waals surface area contributed by atoms with E-state index in [-0.39, 0.29) is 62.2 Å². The van der Waals surface area contributed by atoms with Crippen molar-refractivity contribution in [3.05, 3.63) is 29.8 Å². The number of anilines is 1. The Kier molecular flexibility index (Phi) is 10.5. The molecule has 1 saturated heterocycles. The molecule has 12 heteroatoms. The van der Waals surface area contributed by atoms with Crippen LogP contribution in [0.3, 0.4) is 0 Å². The normalized spacial score (nSPS) is 20.6. The molecule has 0 radical (unpaired) electrons. The van der Waals surface area contributed by atoms with Gasteiger partial charge in [-0.2, -0.15) is 0 Å². The number of para-hydroxylation sites is 1. The van der Waals surface area contributed by atoms with Gasteiger partial charge < -0.3 is 31.7 Å². The molecule has 11 nitrogen and oxygen atoms in total. The molecule has 0 spiro atoms.